The molecule has 0 atom stereocenters. The maximum atomic E-state index is 5.54. The summed E-state index contributed by atoms with van der Waals surface area (Å²) in [6.45, 7) is 2.85. The second-order valence-corrected chi connectivity index (χ2v) is 4.24. The van der Waals surface area contributed by atoms with Crippen LogP contribution in [0.2, 0.25) is 5.02 Å². The minimum absolute atomic E-state index is 0.771. The van der Waals surface area contributed by atoms with Crippen molar-refractivity contribution in [1.29, 1.82) is 0 Å². The van der Waals surface area contributed by atoms with Crippen molar-refractivity contribution in [2.24, 2.45) is 0 Å². The van der Waals surface area contributed by atoms with Gasteiger partial charge in [0.1, 0.15) is 0 Å². The summed E-state index contributed by atoms with van der Waals surface area (Å²) in [4.78, 5) is 3.95. The monoisotopic (exact) mass is 255 g/mol. The van der Waals surface area contributed by atoms with Crippen LogP contribution in [0.3, 0.4) is 0 Å². The third-order valence-corrected chi connectivity index (χ3v) is 2.51. The molecule has 1 heterocycles. The van der Waals surface area contributed by atoms with E-state index in [-0.39, 0.29) is 0 Å². The largest absolute Gasteiger partial charge is 0.470 e. The van der Waals surface area contributed by atoms with Crippen LogP contribution in [-0.4, -0.2) is 11.6 Å². The van der Waals surface area contributed by atoms with E-state index in [9.17, 15) is 0 Å². The molecule has 0 aliphatic carbocycles. The molecule has 2 nitrogen and oxygen atoms in total. The molecular formula is C12H14ClNOS. The fourth-order valence-electron chi connectivity index (χ4n) is 0.886. The zero-order chi connectivity index (χ0) is 11.6. The van der Waals surface area contributed by atoms with Crippen molar-refractivity contribution in [2.75, 3.05) is 6.61 Å². The van der Waals surface area contributed by atoms with Gasteiger partial charge in [-0.2, -0.15) is 0 Å². The van der Waals surface area contributed by atoms with Crippen LogP contribution in [0.5, 0.6) is 5.19 Å². The third kappa shape index (κ3) is 5.73. The maximum absolute atomic E-state index is 5.54. The normalized spacial score (nSPS) is 9.12. The molecule has 0 bridgehead atoms. The Balaban J connectivity index is 0.000000165. The molecule has 0 radical (unpaired) electrons. The van der Waals surface area contributed by atoms with Crippen LogP contribution in [0.25, 0.3) is 0 Å². The van der Waals surface area contributed by atoms with Crippen LogP contribution < -0.4 is 4.74 Å². The van der Waals surface area contributed by atoms with Gasteiger partial charge in [0, 0.05) is 16.6 Å². The van der Waals surface area contributed by atoms with Crippen molar-refractivity contribution >= 4 is 22.9 Å². The number of halogens is 1. The number of hydrogen-bond donors (Lipinski definition) is 0. The van der Waals surface area contributed by atoms with E-state index in [1.165, 1.54) is 11.3 Å². The Morgan fingerprint density at radius 1 is 1.31 bits per heavy atom. The van der Waals surface area contributed by atoms with Gasteiger partial charge >= 0.3 is 0 Å². The maximum Gasteiger partial charge on any atom is 0.273 e. The van der Waals surface area contributed by atoms with Crippen molar-refractivity contribution in [1.82, 2.24) is 4.98 Å². The predicted molar refractivity (Wildman–Crippen MR) is 69.4 cm³/mol. The fourth-order valence-corrected chi connectivity index (χ4v) is 1.54. The average molecular weight is 256 g/mol. The Bertz CT molecular complexity index is 364. The van der Waals surface area contributed by atoms with Gasteiger partial charge in [-0.15, -0.1) is 0 Å². The fraction of sp³-hybridized carbons (Fsp3) is 0.250. The average Bonchev–Trinajstić information content (AvgIpc) is 2.81. The van der Waals surface area contributed by atoms with Gasteiger partial charge in [-0.25, -0.2) is 4.98 Å². The number of nitrogens with zero attached hydrogens (tertiary/aromatic N) is 1. The van der Waals surface area contributed by atoms with E-state index in [1.54, 1.807) is 6.20 Å². The first-order valence-corrected chi connectivity index (χ1v) is 6.31. The number of aromatic nitrogens is 1. The molecule has 86 valence electrons. The van der Waals surface area contributed by atoms with Crippen molar-refractivity contribution in [3.05, 3.63) is 46.9 Å². The Kier molecular flexibility index (Phi) is 6.61. The summed E-state index contributed by atoms with van der Waals surface area (Å²) in [5.41, 5.74) is 0. The molecule has 16 heavy (non-hydrogen) atoms. The summed E-state index contributed by atoms with van der Waals surface area (Å²) in [5, 5.41) is 3.48. The zero-order valence-corrected chi connectivity index (χ0v) is 10.7. The summed E-state index contributed by atoms with van der Waals surface area (Å²) in [5.74, 6) is 0. The van der Waals surface area contributed by atoms with Gasteiger partial charge in [-0.3, -0.25) is 0 Å². The van der Waals surface area contributed by atoms with Gasteiger partial charge in [0.2, 0.25) is 0 Å². The third-order valence-electron chi connectivity index (χ3n) is 1.57. The van der Waals surface area contributed by atoms with Crippen molar-refractivity contribution in [2.45, 2.75) is 13.3 Å². The van der Waals surface area contributed by atoms with E-state index in [2.05, 4.69) is 11.9 Å². The highest BCUT2D eigenvalue weighted by Gasteiger charge is 1.90. The number of benzene rings is 1. The quantitative estimate of drug-likeness (QED) is 0.817. The summed E-state index contributed by atoms with van der Waals surface area (Å²) < 4.78 is 5.20. The van der Waals surface area contributed by atoms with E-state index in [1.807, 2.05) is 35.7 Å². The highest BCUT2D eigenvalue weighted by molar-refractivity contribution is 7.11. The minimum atomic E-state index is 0.771. The summed E-state index contributed by atoms with van der Waals surface area (Å²) >= 11 is 7.07. The minimum Gasteiger partial charge on any atom is -0.470 e. The number of hydrogen-bond acceptors (Lipinski definition) is 3. The van der Waals surface area contributed by atoms with Crippen LogP contribution in [0.4, 0.5) is 0 Å². The van der Waals surface area contributed by atoms with Gasteiger partial charge in [0.25, 0.3) is 5.19 Å². The molecule has 2 rings (SSSR count). The lowest BCUT2D eigenvalue weighted by Gasteiger charge is -1.95. The molecule has 0 aliphatic rings. The van der Waals surface area contributed by atoms with E-state index < -0.39 is 0 Å². The van der Waals surface area contributed by atoms with Gasteiger partial charge in [-0.05, 0) is 18.6 Å². The van der Waals surface area contributed by atoms with Crippen molar-refractivity contribution < 1.29 is 4.74 Å². The molecule has 1 aromatic heterocycles. The predicted octanol–water partition coefficient (Wildman–Crippen LogP) is 4.27. The van der Waals surface area contributed by atoms with Crippen LogP contribution in [0.1, 0.15) is 13.3 Å². The molecule has 0 spiro atoms. The van der Waals surface area contributed by atoms with E-state index in [0.717, 1.165) is 23.2 Å². The van der Waals surface area contributed by atoms with E-state index in [4.69, 9.17) is 16.3 Å². The lowest BCUT2D eigenvalue weighted by Crippen LogP contribution is -1.93. The second-order valence-electron chi connectivity index (χ2n) is 2.94. The molecule has 4 heteroatoms. The standard InChI is InChI=1S/C6H5Cl.C6H9NOS/c7-6-4-2-1-3-5-6;1-2-4-8-6-7-3-5-9-6/h1-5H;3,5H,2,4H2,1H3. The molecule has 0 aliphatic heterocycles. The highest BCUT2D eigenvalue weighted by atomic mass is 35.5. The van der Waals surface area contributed by atoms with Gasteiger partial charge in [0.15, 0.2) is 0 Å². The summed E-state index contributed by atoms with van der Waals surface area (Å²) in [6.07, 6.45) is 2.79. The summed E-state index contributed by atoms with van der Waals surface area (Å²) in [6, 6.07) is 9.44. The Labute approximate surface area is 105 Å². The number of thiazole rings is 1. The number of ether oxygens (including phenoxy) is 1. The topological polar surface area (TPSA) is 22.1 Å². The summed E-state index contributed by atoms with van der Waals surface area (Å²) in [7, 11) is 0. The van der Waals surface area contributed by atoms with Crippen LogP contribution >= 0.6 is 22.9 Å². The Morgan fingerprint density at radius 3 is 2.50 bits per heavy atom. The van der Waals surface area contributed by atoms with Crippen LogP contribution in [0.15, 0.2) is 41.9 Å². The molecule has 0 saturated heterocycles. The Hall–Kier alpha value is -1.06. The zero-order valence-electron chi connectivity index (χ0n) is 9.10. The molecule has 0 unspecified atom stereocenters. The van der Waals surface area contributed by atoms with E-state index >= 15 is 0 Å². The SMILES string of the molecule is CCCOc1nccs1.Clc1ccccc1. The van der Waals surface area contributed by atoms with E-state index in [0.29, 0.717) is 0 Å². The molecular weight excluding hydrogens is 242 g/mol. The van der Waals surface area contributed by atoms with Gasteiger partial charge in [0.05, 0.1) is 6.61 Å². The first-order chi connectivity index (χ1) is 7.83. The van der Waals surface area contributed by atoms with Crippen LogP contribution in [-0.2, 0) is 0 Å². The van der Waals surface area contributed by atoms with Crippen molar-refractivity contribution in [3.8, 4) is 5.19 Å². The lowest BCUT2D eigenvalue weighted by molar-refractivity contribution is 0.316. The Morgan fingerprint density at radius 2 is 2.06 bits per heavy atom. The molecule has 2 aromatic rings. The molecule has 0 saturated carbocycles. The molecule has 1 aromatic carbocycles. The first kappa shape index (κ1) is 13.0. The highest BCUT2D eigenvalue weighted by Crippen LogP contribution is 2.12. The first-order valence-electron chi connectivity index (χ1n) is 5.05. The molecule has 0 amide bonds. The van der Waals surface area contributed by atoms with Gasteiger partial charge < -0.3 is 4.74 Å². The number of rotatable bonds is 3. The second kappa shape index (κ2) is 8.13. The smallest absolute Gasteiger partial charge is 0.273 e. The van der Waals surface area contributed by atoms with Crippen molar-refractivity contribution in [3.63, 3.8) is 0 Å². The molecule has 0 fully saturated rings. The van der Waals surface area contributed by atoms with Gasteiger partial charge in [-0.1, -0.05) is 48.1 Å². The lowest BCUT2D eigenvalue weighted by atomic mass is 10.4. The molecule has 0 N–H and O–H groups in total. The van der Waals surface area contributed by atoms with Crippen LogP contribution in [0, 0.1) is 0 Å².